The Bertz CT molecular complexity index is 903. The number of ether oxygens (including phenoxy) is 1. The molecule has 1 atom stereocenters. The summed E-state index contributed by atoms with van der Waals surface area (Å²) in [5, 5.41) is 6.43. The van der Waals surface area contributed by atoms with Crippen molar-refractivity contribution in [1.82, 2.24) is 5.32 Å². The molecule has 1 rings (SSSR count). The van der Waals surface area contributed by atoms with E-state index in [1.54, 1.807) is 18.3 Å². The molecule has 0 bridgehead atoms. The van der Waals surface area contributed by atoms with Crippen molar-refractivity contribution in [3.63, 3.8) is 0 Å². The van der Waals surface area contributed by atoms with Crippen molar-refractivity contribution in [3.8, 4) is 6.57 Å². The fourth-order valence-corrected chi connectivity index (χ4v) is 3.12. The summed E-state index contributed by atoms with van der Waals surface area (Å²) < 4.78 is 6.55. The summed E-state index contributed by atoms with van der Waals surface area (Å²) in [5.74, 6) is -0.334. The normalized spacial score (nSPS) is 15.0. The highest BCUT2D eigenvalue weighted by molar-refractivity contribution is 7.07. The molecule has 0 aliphatic heterocycles. The average molecular weight is 426 g/mol. The van der Waals surface area contributed by atoms with Gasteiger partial charge in [-0.15, -0.1) is 11.3 Å². The average Bonchev–Trinajstić information content (AvgIpc) is 3.03. The van der Waals surface area contributed by atoms with E-state index in [2.05, 4.69) is 16.7 Å². The molecular formula is C20H23Cl2N2O2S+. The zero-order valence-electron chi connectivity index (χ0n) is 15.6. The number of carbonyl (C=O) groups is 1. The minimum atomic E-state index is -0.785. The lowest BCUT2D eigenvalue weighted by molar-refractivity contribution is -0.130. The monoisotopic (exact) mass is 425 g/mol. The molecule has 4 nitrogen and oxygen atoms in total. The van der Waals surface area contributed by atoms with Crippen LogP contribution < -0.4 is 15.1 Å². The van der Waals surface area contributed by atoms with Gasteiger partial charge in [-0.05, 0) is 54.7 Å². The standard InChI is InChI=1S/C20H22Cl2N2O2S/c1-6-15(11-16-8-9-27-14(16)4)12-24-19(25)18(7-2)26-20(23-5)17(22)10-13(3)21/h5-6,8-11,18H,4,7,12H2,1-3H3/p+1/b13-10+,15-6+,16-11-,20-17-. The van der Waals surface area contributed by atoms with Crippen molar-refractivity contribution in [2.45, 2.75) is 33.3 Å². The molecule has 0 spiro atoms. The lowest BCUT2D eigenvalue weighted by Crippen LogP contribution is -2.37. The number of carbonyl (C=O) groups excluding carboxylic acids is 1. The van der Waals surface area contributed by atoms with Gasteiger partial charge in [-0.2, -0.15) is 0 Å². The second kappa shape index (κ2) is 11.7. The van der Waals surface area contributed by atoms with Crippen LogP contribution in [0.5, 0.6) is 0 Å². The fraction of sp³-hybridized carbons (Fsp3) is 0.300. The zero-order chi connectivity index (χ0) is 20.4. The first kappa shape index (κ1) is 23.0. The number of amides is 1. The maximum Gasteiger partial charge on any atom is 0.519 e. The summed E-state index contributed by atoms with van der Waals surface area (Å²) in [7, 11) is 0. The Balaban J connectivity index is 2.84. The van der Waals surface area contributed by atoms with Crippen molar-refractivity contribution in [2.24, 2.45) is 0 Å². The first-order valence-electron chi connectivity index (χ1n) is 8.30. The van der Waals surface area contributed by atoms with Crippen molar-refractivity contribution in [1.29, 1.82) is 0 Å². The number of hydrogen-bond acceptors (Lipinski definition) is 3. The molecule has 1 N–H and O–H groups in total. The van der Waals surface area contributed by atoms with Gasteiger partial charge in [0.1, 0.15) is 0 Å². The van der Waals surface area contributed by atoms with Gasteiger partial charge in [0, 0.05) is 21.0 Å². The predicted octanol–water partition coefficient (Wildman–Crippen LogP) is 4.31. The quantitative estimate of drug-likeness (QED) is 0.497. The van der Waals surface area contributed by atoms with Crippen LogP contribution in [0.3, 0.4) is 0 Å². The van der Waals surface area contributed by atoms with Crippen molar-refractivity contribution >= 4 is 53.1 Å². The van der Waals surface area contributed by atoms with Gasteiger partial charge >= 0.3 is 5.88 Å². The third-order valence-corrected chi connectivity index (χ3v) is 4.69. The Morgan fingerprint density at radius 3 is 2.70 bits per heavy atom. The van der Waals surface area contributed by atoms with E-state index in [1.165, 1.54) is 6.08 Å². The minimum absolute atomic E-state index is 0.0449. The van der Waals surface area contributed by atoms with Gasteiger partial charge in [0.05, 0.1) is 0 Å². The third-order valence-electron chi connectivity index (χ3n) is 3.52. The molecule has 0 fully saturated rings. The molecule has 0 aliphatic rings. The molecule has 1 aromatic rings. The Kier molecular flexibility index (Phi) is 9.95. The maximum atomic E-state index is 12.5. The Morgan fingerprint density at radius 2 is 2.22 bits per heavy atom. The highest BCUT2D eigenvalue weighted by atomic mass is 35.5. The molecule has 27 heavy (non-hydrogen) atoms. The highest BCUT2D eigenvalue weighted by Crippen LogP contribution is 2.19. The number of allylic oxidation sites excluding steroid dienone is 4. The minimum Gasteiger partial charge on any atom is -0.417 e. The first-order valence-corrected chi connectivity index (χ1v) is 9.94. The molecule has 1 amide bonds. The fourth-order valence-electron chi connectivity index (χ4n) is 2.06. The van der Waals surface area contributed by atoms with Crippen LogP contribution in [0, 0.1) is 6.57 Å². The van der Waals surface area contributed by atoms with Gasteiger partial charge in [-0.3, -0.25) is 4.79 Å². The molecule has 1 unspecified atom stereocenters. The number of hydrogen-bond donors (Lipinski definition) is 1. The van der Waals surface area contributed by atoms with E-state index in [9.17, 15) is 4.79 Å². The number of thiophene rings is 1. The van der Waals surface area contributed by atoms with Crippen LogP contribution in [0.1, 0.15) is 27.2 Å². The van der Waals surface area contributed by atoms with E-state index in [1.807, 2.05) is 37.4 Å². The third kappa shape index (κ3) is 7.64. The van der Waals surface area contributed by atoms with E-state index in [-0.39, 0.29) is 16.8 Å². The molecule has 1 heterocycles. The summed E-state index contributed by atoms with van der Waals surface area (Å²) in [6, 6.07) is 1.99. The topological polar surface area (TPSA) is 42.7 Å². The van der Waals surface area contributed by atoms with Crippen LogP contribution in [-0.2, 0) is 9.53 Å². The Hall–Kier alpha value is -2.00. The Morgan fingerprint density at radius 1 is 1.52 bits per heavy atom. The molecule has 0 saturated heterocycles. The molecule has 144 valence electrons. The summed E-state index contributed by atoms with van der Waals surface area (Å²) in [6.45, 7) is 15.0. The Labute approximate surface area is 173 Å². The van der Waals surface area contributed by atoms with Crippen LogP contribution in [-0.4, -0.2) is 18.6 Å². The van der Waals surface area contributed by atoms with E-state index in [4.69, 9.17) is 34.5 Å². The van der Waals surface area contributed by atoms with Crippen LogP contribution in [0.4, 0.5) is 0 Å². The SMILES string of the molecule is C#[N+]/C(OC(CC)C(=O)NCC(/C=c1/ccsc1=C)=C/C)=C(Cl)\C=C(/C)Cl. The van der Waals surface area contributed by atoms with E-state index in [0.29, 0.717) is 18.0 Å². The number of nitrogens with one attached hydrogen (secondary N) is 1. The molecule has 1 aromatic heterocycles. The summed E-state index contributed by atoms with van der Waals surface area (Å²) in [4.78, 5) is 16.0. The predicted molar refractivity (Wildman–Crippen MR) is 116 cm³/mol. The van der Waals surface area contributed by atoms with Crippen molar-refractivity contribution in [2.75, 3.05) is 6.54 Å². The van der Waals surface area contributed by atoms with E-state index < -0.39 is 6.10 Å². The van der Waals surface area contributed by atoms with Gasteiger partial charge in [0.15, 0.2) is 11.1 Å². The largest absolute Gasteiger partial charge is 0.519 e. The first-order chi connectivity index (χ1) is 12.8. The smallest absolute Gasteiger partial charge is 0.417 e. The van der Waals surface area contributed by atoms with Crippen LogP contribution >= 0.6 is 34.5 Å². The van der Waals surface area contributed by atoms with Crippen molar-refractivity contribution < 1.29 is 9.53 Å². The second-order valence-corrected chi connectivity index (χ2v) is 7.56. The van der Waals surface area contributed by atoms with E-state index >= 15 is 0 Å². The van der Waals surface area contributed by atoms with E-state index in [0.717, 1.165) is 15.3 Å². The summed E-state index contributed by atoms with van der Waals surface area (Å²) in [5.41, 5.74) is 0.958. The molecule has 7 heteroatoms. The number of nitrogens with zero attached hydrogens (tertiary/aromatic N) is 1. The van der Waals surface area contributed by atoms with Crippen molar-refractivity contribution in [3.05, 3.63) is 59.7 Å². The summed E-state index contributed by atoms with van der Waals surface area (Å²) >= 11 is 13.4. The van der Waals surface area contributed by atoms with Gasteiger partial charge in [0.2, 0.25) is 0 Å². The van der Waals surface area contributed by atoms with Gasteiger partial charge in [0.25, 0.3) is 12.5 Å². The molecular weight excluding hydrogens is 403 g/mol. The van der Waals surface area contributed by atoms with Gasteiger partial charge in [-0.25, -0.2) is 0 Å². The van der Waals surface area contributed by atoms with Crippen LogP contribution in [0.2, 0.25) is 0 Å². The van der Waals surface area contributed by atoms with Gasteiger partial charge < -0.3 is 10.1 Å². The molecule has 0 radical (unpaired) electrons. The second-order valence-electron chi connectivity index (χ2n) is 5.55. The number of rotatable bonds is 8. The molecule has 0 saturated carbocycles. The highest BCUT2D eigenvalue weighted by Gasteiger charge is 2.25. The van der Waals surface area contributed by atoms with Crippen LogP contribution in [0.25, 0.3) is 17.5 Å². The molecule has 0 aromatic carbocycles. The lowest BCUT2D eigenvalue weighted by Gasteiger charge is -2.14. The maximum absolute atomic E-state index is 12.5. The zero-order valence-corrected chi connectivity index (χ0v) is 17.9. The number of halogens is 2. The summed E-state index contributed by atoms with van der Waals surface area (Å²) in [6.07, 6.45) is 5.01. The lowest BCUT2D eigenvalue weighted by atomic mass is 10.2. The van der Waals surface area contributed by atoms with Gasteiger partial charge in [-0.1, -0.05) is 42.8 Å². The molecule has 0 aliphatic carbocycles. The van der Waals surface area contributed by atoms with Crippen LogP contribution in [0.15, 0.2) is 45.1 Å².